The molecule has 25 heavy (non-hydrogen) atoms. The summed E-state index contributed by atoms with van der Waals surface area (Å²) < 4.78 is 5.48. The Balaban J connectivity index is 1.48. The lowest BCUT2D eigenvalue weighted by Gasteiger charge is -2.37. The highest BCUT2D eigenvalue weighted by molar-refractivity contribution is 5.54. The van der Waals surface area contributed by atoms with Crippen LogP contribution in [0.1, 0.15) is 23.6 Å². The van der Waals surface area contributed by atoms with E-state index in [4.69, 9.17) is 10.5 Å². The number of nitrogens with zero attached hydrogens (tertiary/aromatic N) is 5. The molecule has 2 aliphatic heterocycles. The van der Waals surface area contributed by atoms with Crippen LogP contribution in [0.15, 0.2) is 24.5 Å². The first-order chi connectivity index (χ1) is 12.2. The van der Waals surface area contributed by atoms with Crippen LogP contribution in [0.4, 0.5) is 17.5 Å². The Labute approximate surface area is 147 Å². The molecule has 0 amide bonds. The van der Waals surface area contributed by atoms with Crippen LogP contribution in [-0.4, -0.2) is 54.3 Å². The number of hydrogen-bond donors (Lipinski definition) is 1. The van der Waals surface area contributed by atoms with Crippen molar-refractivity contribution in [2.75, 3.05) is 54.9 Å². The van der Waals surface area contributed by atoms with Crippen molar-refractivity contribution in [2.45, 2.75) is 19.3 Å². The van der Waals surface area contributed by atoms with Gasteiger partial charge >= 0.3 is 0 Å². The molecule has 2 N–H and O–H groups in total. The normalized spacial score (nSPS) is 20.9. The van der Waals surface area contributed by atoms with Crippen molar-refractivity contribution < 1.29 is 4.74 Å². The minimum atomic E-state index is 0.338. The first-order valence-electron chi connectivity index (χ1n) is 8.83. The van der Waals surface area contributed by atoms with Crippen LogP contribution in [0.5, 0.6) is 0 Å². The maximum absolute atomic E-state index is 5.96. The van der Waals surface area contributed by atoms with Crippen LogP contribution in [-0.2, 0) is 4.74 Å². The number of ether oxygens (including phenoxy) is 1. The molecule has 1 atom stereocenters. The molecular weight excluding hydrogens is 316 g/mol. The second kappa shape index (κ2) is 6.84. The van der Waals surface area contributed by atoms with Gasteiger partial charge in [-0.1, -0.05) is 0 Å². The maximum Gasteiger partial charge on any atom is 0.222 e. The Morgan fingerprint density at radius 1 is 1.16 bits per heavy atom. The van der Waals surface area contributed by atoms with E-state index in [1.54, 1.807) is 0 Å². The molecule has 0 radical (unpaired) electrons. The van der Waals surface area contributed by atoms with Gasteiger partial charge in [-0.05, 0) is 25.0 Å². The highest BCUT2D eigenvalue weighted by Crippen LogP contribution is 2.28. The third-order valence-electron chi connectivity index (χ3n) is 5.03. The van der Waals surface area contributed by atoms with Crippen molar-refractivity contribution in [2.24, 2.45) is 0 Å². The molecule has 7 heteroatoms. The number of aryl methyl sites for hydroxylation is 1. The van der Waals surface area contributed by atoms with Crippen molar-refractivity contribution in [3.8, 4) is 0 Å². The summed E-state index contributed by atoms with van der Waals surface area (Å²) in [6.45, 7) is 7.37. The second-order valence-electron chi connectivity index (χ2n) is 6.71. The summed E-state index contributed by atoms with van der Waals surface area (Å²) in [7, 11) is 0. The van der Waals surface area contributed by atoms with Crippen molar-refractivity contribution in [3.05, 3.63) is 35.8 Å². The molecule has 7 nitrogen and oxygen atoms in total. The fourth-order valence-electron chi connectivity index (χ4n) is 3.61. The van der Waals surface area contributed by atoms with Gasteiger partial charge in [0, 0.05) is 62.9 Å². The number of nitrogen functional groups attached to an aromatic ring is 1. The molecule has 2 aromatic rings. The van der Waals surface area contributed by atoms with Gasteiger partial charge in [-0.2, -0.15) is 4.98 Å². The van der Waals surface area contributed by atoms with E-state index >= 15 is 0 Å². The summed E-state index contributed by atoms with van der Waals surface area (Å²) in [6, 6.07) is 4.18. The molecule has 0 saturated carbocycles. The quantitative estimate of drug-likeness (QED) is 0.909. The zero-order chi connectivity index (χ0) is 17.2. The van der Waals surface area contributed by atoms with Crippen molar-refractivity contribution in [1.82, 2.24) is 15.0 Å². The van der Waals surface area contributed by atoms with E-state index in [1.807, 2.05) is 12.4 Å². The van der Waals surface area contributed by atoms with Gasteiger partial charge in [0.1, 0.15) is 5.82 Å². The zero-order valence-corrected chi connectivity index (χ0v) is 14.6. The number of rotatable bonds is 3. The van der Waals surface area contributed by atoms with Crippen molar-refractivity contribution >= 4 is 17.5 Å². The van der Waals surface area contributed by atoms with Gasteiger partial charge in [0.25, 0.3) is 0 Å². The second-order valence-corrected chi connectivity index (χ2v) is 6.71. The lowest BCUT2D eigenvalue weighted by molar-refractivity contribution is 0.193. The van der Waals surface area contributed by atoms with Gasteiger partial charge in [-0.15, -0.1) is 0 Å². The number of piperazine rings is 1. The molecule has 132 valence electrons. The Bertz CT molecular complexity index is 738. The lowest BCUT2D eigenvalue weighted by Crippen LogP contribution is -2.47. The monoisotopic (exact) mass is 340 g/mol. The summed E-state index contributed by atoms with van der Waals surface area (Å²) in [5, 5.41) is 0. The van der Waals surface area contributed by atoms with Gasteiger partial charge in [-0.25, -0.2) is 4.98 Å². The minimum absolute atomic E-state index is 0.338. The number of hydrogen-bond acceptors (Lipinski definition) is 7. The van der Waals surface area contributed by atoms with Crippen LogP contribution in [0.25, 0.3) is 0 Å². The Morgan fingerprint density at radius 2 is 1.96 bits per heavy atom. The molecule has 4 heterocycles. The Hall–Kier alpha value is -2.41. The van der Waals surface area contributed by atoms with E-state index in [9.17, 15) is 0 Å². The molecule has 2 aromatic heterocycles. The summed E-state index contributed by atoms with van der Waals surface area (Å²) >= 11 is 0. The predicted octanol–water partition coefficient (Wildman–Crippen LogP) is 1.59. The molecule has 2 fully saturated rings. The molecule has 2 saturated heterocycles. The van der Waals surface area contributed by atoms with Crippen LogP contribution in [0.3, 0.4) is 0 Å². The fraction of sp³-hybridized carbons (Fsp3) is 0.500. The van der Waals surface area contributed by atoms with Gasteiger partial charge in [0.05, 0.1) is 12.3 Å². The predicted molar refractivity (Wildman–Crippen MR) is 98.0 cm³/mol. The zero-order valence-electron chi connectivity index (χ0n) is 14.6. The van der Waals surface area contributed by atoms with E-state index in [2.05, 4.69) is 43.8 Å². The number of anilines is 3. The van der Waals surface area contributed by atoms with E-state index < -0.39 is 0 Å². The average molecular weight is 340 g/mol. The van der Waals surface area contributed by atoms with E-state index in [0.29, 0.717) is 11.9 Å². The standard InChI is InChI=1S/C18H24N6O/c1-13-11-20-4-2-16(13)23-5-7-24(8-6-23)17-10-15(21-18(19)22-17)14-3-9-25-12-14/h2,4,10-11,14H,3,5-9,12H2,1H3,(H2,19,21,22)/t14-/m1/s1. The molecule has 4 rings (SSSR count). The fourth-order valence-corrected chi connectivity index (χ4v) is 3.61. The summed E-state index contributed by atoms with van der Waals surface area (Å²) in [4.78, 5) is 17.8. The smallest absolute Gasteiger partial charge is 0.222 e. The number of aromatic nitrogens is 3. The molecule has 0 aliphatic carbocycles. The highest BCUT2D eigenvalue weighted by atomic mass is 16.5. The summed E-state index contributed by atoms with van der Waals surface area (Å²) in [5.74, 6) is 1.62. The first kappa shape index (κ1) is 16.1. The van der Waals surface area contributed by atoms with E-state index in [0.717, 1.165) is 57.3 Å². The van der Waals surface area contributed by atoms with Gasteiger partial charge < -0.3 is 20.3 Å². The third kappa shape index (κ3) is 3.37. The molecule has 0 unspecified atom stereocenters. The Kier molecular flexibility index (Phi) is 4.40. The van der Waals surface area contributed by atoms with E-state index in [-0.39, 0.29) is 0 Å². The first-order valence-corrected chi connectivity index (χ1v) is 8.83. The third-order valence-corrected chi connectivity index (χ3v) is 5.03. The number of nitrogens with two attached hydrogens (primary N) is 1. The molecule has 0 bridgehead atoms. The molecule has 0 spiro atoms. The molecule has 2 aliphatic rings. The highest BCUT2D eigenvalue weighted by Gasteiger charge is 2.24. The van der Waals surface area contributed by atoms with Crippen molar-refractivity contribution in [1.29, 1.82) is 0 Å². The van der Waals surface area contributed by atoms with Gasteiger partial charge in [-0.3, -0.25) is 4.98 Å². The van der Waals surface area contributed by atoms with E-state index in [1.165, 1.54) is 11.3 Å². The van der Waals surface area contributed by atoms with Crippen LogP contribution in [0.2, 0.25) is 0 Å². The average Bonchev–Trinajstić information content (AvgIpc) is 3.17. The van der Waals surface area contributed by atoms with Crippen LogP contribution >= 0.6 is 0 Å². The summed E-state index contributed by atoms with van der Waals surface area (Å²) in [5.41, 5.74) is 9.45. The van der Waals surface area contributed by atoms with Gasteiger partial charge in [0.15, 0.2) is 0 Å². The van der Waals surface area contributed by atoms with Crippen LogP contribution < -0.4 is 15.5 Å². The SMILES string of the molecule is Cc1cnccc1N1CCN(c2cc([C@@H]3CCOC3)nc(N)n2)CC1. The molecule has 0 aromatic carbocycles. The molecular formula is C18H24N6O. The van der Waals surface area contributed by atoms with Crippen LogP contribution in [0, 0.1) is 6.92 Å². The minimum Gasteiger partial charge on any atom is -0.381 e. The topological polar surface area (TPSA) is 80.4 Å². The van der Waals surface area contributed by atoms with Crippen molar-refractivity contribution in [3.63, 3.8) is 0 Å². The number of pyridine rings is 1. The Morgan fingerprint density at radius 3 is 2.68 bits per heavy atom. The van der Waals surface area contributed by atoms with Gasteiger partial charge in [0.2, 0.25) is 5.95 Å². The summed E-state index contributed by atoms with van der Waals surface area (Å²) in [6.07, 6.45) is 4.78. The largest absolute Gasteiger partial charge is 0.381 e. The maximum atomic E-state index is 5.96. The lowest BCUT2D eigenvalue weighted by atomic mass is 10.0.